The maximum Gasteiger partial charge on any atom is 0.249 e. The Morgan fingerprint density at radius 1 is 0.793 bits per heavy atom. The molecule has 0 fully saturated rings. The van der Waals surface area contributed by atoms with Crippen LogP contribution in [0.4, 0.5) is 0 Å². The maximum atomic E-state index is 13.0. The van der Waals surface area contributed by atoms with Crippen LogP contribution in [0.2, 0.25) is 0 Å². The Bertz CT molecular complexity index is 823. The first-order chi connectivity index (χ1) is 13.7. The SMILES string of the molecule is C=C(C)C(=O)N(CCN(Cc1ccccc1)C(=O)C(C)(C)C)Cc1ccccc1. The molecule has 4 nitrogen and oxygen atoms in total. The molecule has 29 heavy (non-hydrogen) atoms. The summed E-state index contributed by atoms with van der Waals surface area (Å²) in [4.78, 5) is 29.4. The van der Waals surface area contributed by atoms with Crippen molar-refractivity contribution in [2.75, 3.05) is 13.1 Å². The molecule has 0 unspecified atom stereocenters. The number of nitrogens with zero attached hydrogens (tertiary/aromatic N) is 2. The summed E-state index contributed by atoms with van der Waals surface area (Å²) in [5.74, 6) is -0.0134. The fourth-order valence-electron chi connectivity index (χ4n) is 3.10. The van der Waals surface area contributed by atoms with Crippen LogP contribution in [0.25, 0.3) is 0 Å². The van der Waals surface area contributed by atoms with Gasteiger partial charge < -0.3 is 9.80 Å². The summed E-state index contributed by atoms with van der Waals surface area (Å²) >= 11 is 0. The molecule has 2 aromatic rings. The second-order valence-electron chi connectivity index (χ2n) is 8.45. The Morgan fingerprint density at radius 3 is 1.62 bits per heavy atom. The van der Waals surface area contributed by atoms with Gasteiger partial charge in [-0.1, -0.05) is 88.0 Å². The summed E-state index contributed by atoms with van der Waals surface area (Å²) in [7, 11) is 0. The van der Waals surface area contributed by atoms with E-state index in [1.807, 2.05) is 86.3 Å². The van der Waals surface area contributed by atoms with Crippen molar-refractivity contribution >= 4 is 11.8 Å². The van der Waals surface area contributed by atoms with E-state index in [1.54, 1.807) is 11.8 Å². The minimum absolute atomic E-state index is 0.0730. The Kier molecular flexibility index (Phi) is 7.77. The molecule has 0 saturated heterocycles. The van der Waals surface area contributed by atoms with Crippen molar-refractivity contribution in [1.82, 2.24) is 9.80 Å². The molecule has 0 aromatic heterocycles. The molecule has 154 valence electrons. The first kappa shape index (κ1) is 22.4. The van der Waals surface area contributed by atoms with Crippen molar-refractivity contribution in [1.29, 1.82) is 0 Å². The van der Waals surface area contributed by atoms with Gasteiger partial charge in [-0.3, -0.25) is 9.59 Å². The van der Waals surface area contributed by atoms with Crippen LogP contribution in [-0.4, -0.2) is 34.7 Å². The van der Waals surface area contributed by atoms with Crippen molar-refractivity contribution < 1.29 is 9.59 Å². The molecular weight excluding hydrogens is 360 g/mol. The van der Waals surface area contributed by atoms with Gasteiger partial charge in [0.05, 0.1) is 0 Å². The highest BCUT2D eigenvalue weighted by Gasteiger charge is 2.28. The van der Waals surface area contributed by atoms with Gasteiger partial charge in [-0.2, -0.15) is 0 Å². The number of amides is 2. The molecule has 0 aliphatic carbocycles. The van der Waals surface area contributed by atoms with Gasteiger partial charge in [0.1, 0.15) is 0 Å². The lowest BCUT2D eigenvalue weighted by molar-refractivity contribution is -0.141. The molecule has 0 spiro atoms. The Hall–Kier alpha value is -2.88. The summed E-state index contributed by atoms with van der Waals surface area (Å²) in [5, 5.41) is 0. The maximum absolute atomic E-state index is 13.0. The third-order valence-corrected chi connectivity index (χ3v) is 4.65. The zero-order valence-corrected chi connectivity index (χ0v) is 18.0. The van der Waals surface area contributed by atoms with Gasteiger partial charge in [-0.15, -0.1) is 0 Å². The van der Waals surface area contributed by atoms with E-state index in [2.05, 4.69) is 6.58 Å². The predicted molar refractivity (Wildman–Crippen MR) is 118 cm³/mol. The predicted octanol–water partition coefficient (Wildman–Crippen LogP) is 4.67. The molecule has 0 aliphatic heterocycles. The molecule has 2 amide bonds. The van der Waals surface area contributed by atoms with Gasteiger partial charge in [0, 0.05) is 37.2 Å². The third kappa shape index (κ3) is 6.90. The Balaban J connectivity index is 2.18. The number of carbonyl (C=O) groups is 2. The van der Waals surface area contributed by atoms with Crippen molar-refractivity contribution in [2.45, 2.75) is 40.8 Å². The zero-order valence-electron chi connectivity index (χ0n) is 18.0. The fraction of sp³-hybridized carbons (Fsp3) is 0.360. The van der Waals surface area contributed by atoms with Crippen LogP contribution in [0.1, 0.15) is 38.8 Å². The van der Waals surface area contributed by atoms with E-state index in [0.29, 0.717) is 31.8 Å². The highest BCUT2D eigenvalue weighted by molar-refractivity contribution is 5.92. The van der Waals surface area contributed by atoms with Gasteiger partial charge in [-0.05, 0) is 18.1 Å². The lowest BCUT2D eigenvalue weighted by atomic mass is 9.94. The van der Waals surface area contributed by atoms with Crippen LogP contribution >= 0.6 is 0 Å². The van der Waals surface area contributed by atoms with Crippen LogP contribution in [-0.2, 0) is 22.7 Å². The van der Waals surface area contributed by atoms with Crippen molar-refractivity contribution in [3.63, 3.8) is 0 Å². The zero-order chi connectivity index (χ0) is 21.4. The molecule has 0 bridgehead atoms. The second-order valence-corrected chi connectivity index (χ2v) is 8.45. The summed E-state index contributed by atoms with van der Waals surface area (Å²) in [6.07, 6.45) is 0. The number of hydrogen-bond donors (Lipinski definition) is 0. The van der Waals surface area contributed by atoms with E-state index < -0.39 is 5.41 Å². The molecule has 0 saturated carbocycles. The van der Waals surface area contributed by atoms with Gasteiger partial charge in [-0.25, -0.2) is 0 Å². The minimum atomic E-state index is -0.489. The summed E-state index contributed by atoms with van der Waals surface area (Å²) in [6.45, 7) is 13.3. The average molecular weight is 393 g/mol. The molecule has 0 radical (unpaired) electrons. The average Bonchev–Trinajstić information content (AvgIpc) is 2.69. The minimum Gasteiger partial charge on any atom is -0.336 e. The van der Waals surface area contributed by atoms with Crippen molar-refractivity contribution in [3.8, 4) is 0 Å². The van der Waals surface area contributed by atoms with Crippen LogP contribution in [0.15, 0.2) is 72.8 Å². The molecule has 2 aromatic carbocycles. The standard InChI is InChI=1S/C25H32N2O2/c1-20(2)23(28)26(18-21-12-8-6-9-13-21)16-17-27(24(29)25(3,4)5)19-22-14-10-7-11-15-22/h6-15H,1,16-19H2,2-5H3. The number of benzene rings is 2. The molecule has 0 aliphatic rings. The van der Waals surface area contributed by atoms with Gasteiger partial charge in [0.15, 0.2) is 0 Å². The first-order valence-corrected chi connectivity index (χ1v) is 10.0. The van der Waals surface area contributed by atoms with Crippen molar-refractivity contribution in [2.24, 2.45) is 5.41 Å². The number of hydrogen-bond acceptors (Lipinski definition) is 2. The topological polar surface area (TPSA) is 40.6 Å². The number of carbonyl (C=O) groups excluding carboxylic acids is 2. The monoisotopic (exact) mass is 392 g/mol. The molecule has 4 heteroatoms. The Labute approximate surface area is 174 Å². The van der Waals surface area contributed by atoms with Gasteiger partial charge in [0.25, 0.3) is 0 Å². The van der Waals surface area contributed by atoms with Crippen LogP contribution in [0.5, 0.6) is 0 Å². The van der Waals surface area contributed by atoms with Gasteiger partial charge >= 0.3 is 0 Å². The molecule has 0 N–H and O–H groups in total. The number of rotatable bonds is 8. The first-order valence-electron chi connectivity index (χ1n) is 10.0. The molecule has 0 heterocycles. The fourth-order valence-corrected chi connectivity index (χ4v) is 3.10. The summed E-state index contributed by atoms with van der Waals surface area (Å²) in [6, 6.07) is 19.8. The van der Waals surface area contributed by atoms with Gasteiger partial charge in [0.2, 0.25) is 11.8 Å². The van der Waals surface area contributed by atoms with Crippen LogP contribution < -0.4 is 0 Å². The lowest BCUT2D eigenvalue weighted by Gasteiger charge is -2.32. The molecule has 0 atom stereocenters. The molecular formula is C25H32N2O2. The quantitative estimate of drug-likeness (QED) is 0.613. The van der Waals surface area contributed by atoms with E-state index in [9.17, 15) is 9.59 Å². The van der Waals surface area contributed by atoms with E-state index >= 15 is 0 Å². The highest BCUT2D eigenvalue weighted by Crippen LogP contribution is 2.20. The lowest BCUT2D eigenvalue weighted by Crippen LogP contribution is -2.44. The smallest absolute Gasteiger partial charge is 0.249 e. The molecule has 2 rings (SSSR count). The van der Waals surface area contributed by atoms with E-state index in [1.165, 1.54) is 0 Å². The highest BCUT2D eigenvalue weighted by atomic mass is 16.2. The normalized spacial score (nSPS) is 11.0. The Morgan fingerprint density at radius 2 is 1.21 bits per heavy atom. The van der Waals surface area contributed by atoms with E-state index in [4.69, 9.17) is 0 Å². The van der Waals surface area contributed by atoms with E-state index in [-0.39, 0.29) is 11.8 Å². The third-order valence-electron chi connectivity index (χ3n) is 4.65. The second kappa shape index (κ2) is 10.1. The van der Waals surface area contributed by atoms with Crippen molar-refractivity contribution in [3.05, 3.63) is 83.9 Å². The van der Waals surface area contributed by atoms with E-state index in [0.717, 1.165) is 11.1 Å². The summed E-state index contributed by atoms with van der Waals surface area (Å²) < 4.78 is 0. The summed E-state index contributed by atoms with van der Waals surface area (Å²) in [5.41, 5.74) is 2.14. The largest absolute Gasteiger partial charge is 0.336 e. The van der Waals surface area contributed by atoms with Crippen LogP contribution in [0, 0.1) is 5.41 Å². The van der Waals surface area contributed by atoms with Crippen LogP contribution in [0.3, 0.4) is 0 Å².